The van der Waals surface area contributed by atoms with E-state index in [1.807, 2.05) is 17.8 Å². The minimum absolute atomic E-state index is 0.0740. The predicted molar refractivity (Wildman–Crippen MR) is 65.8 cm³/mol. The van der Waals surface area contributed by atoms with Gasteiger partial charge in [0.2, 0.25) is 0 Å². The molecule has 0 amide bonds. The van der Waals surface area contributed by atoms with Gasteiger partial charge in [-0.3, -0.25) is 0 Å². The SMILES string of the molecule is c1cc(NC2CCSC2)c2n[se]nc2c1. The summed E-state index contributed by atoms with van der Waals surface area (Å²) in [5, 5.41) is 3.58. The van der Waals surface area contributed by atoms with Crippen molar-refractivity contribution in [3.05, 3.63) is 18.2 Å². The standard InChI is InChI=1S/C10H11N3SSe/c1-2-8(11-7-4-5-14-6-7)10-9(3-1)12-15-13-10/h1-3,7,11H,4-6H2. The van der Waals surface area contributed by atoms with E-state index in [2.05, 4.69) is 25.4 Å². The minimum atomic E-state index is 0.0740. The molecular weight excluding hydrogens is 273 g/mol. The molecular formula is C10H11N3SSe. The van der Waals surface area contributed by atoms with Crippen LogP contribution >= 0.6 is 11.8 Å². The van der Waals surface area contributed by atoms with Crippen LogP contribution in [0, 0.1) is 0 Å². The Morgan fingerprint density at radius 1 is 1.40 bits per heavy atom. The first-order valence-corrected chi connectivity index (χ1v) is 7.68. The molecule has 78 valence electrons. The van der Waals surface area contributed by atoms with Gasteiger partial charge in [-0.1, -0.05) is 0 Å². The quantitative estimate of drug-likeness (QED) is 0.850. The van der Waals surface area contributed by atoms with E-state index in [9.17, 15) is 0 Å². The number of nitrogens with zero attached hydrogens (tertiary/aromatic N) is 2. The zero-order valence-electron chi connectivity index (χ0n) is 8.14. The maximum atomic E-state index is 4.47. The molecule has 1 atom stereocenters. The molecule has 1 aliphatic heterocycles. The number of fused-ring (bicyclic) bond motifs is 1. The first-order valence-electron chi connectivity index (χ1n) is 4.99. The van der Waals surface area contributed by atoms with Gasteiger partial charge in [-0.25, -0.2) is 0 Å². The average Bonchev–Trinajstić information content (AvgIpc) is 2.87. The van der Waals surface area contributed by atoms with Crippen molar-refractivity contribution < 1.29 is 0 Å². The van der Waals surface area contributed by atoms with E-state index in [0.29, 0.717) is 6.04 Å². The van der Waals surface area contributed by atoms with Gasteiger partial charge in [-0.05, 0) is 0 Å². The molecule has 1 N–H and O–H groups in total. The number of aromatic nitrogens is 2. The van der Waals surface area contributed by atoms with E-state index < -0.39 is 0 Å². The second-order valence-corrected chi connectivity index (χ2v) is 5.90. The summed E-state index contributed by atoms with van der Waals surface area (Å²) in [6.07, 6.45) is 1.26. The molecule has 1 aromatic heterocycles. The van der Waals surface area contributed by atoms with Gasteiger partial charge >= 0.3 is 98.9 Å². The zero-order valence-corrected chi connectivity index (χ0v) is 10.7. The van der Waals surface area contributed by atoms with Crippen molar-refractivity contribution in [2.75, 3.05) is 16.8 Å². The van der Waals surface area contributed by atoms with Crippen molar-refractivity contribution >= 4 is 43.4 Å². The first kappa shape index (κ1) is 9.70. The molecule has 1 unspecified atom stereocenters. The van der Waals surface area contributed by atoms with Gasteiger partial charge in [0.15, 0.2) is 0 Å². The summed E-state index contributed by atoms with van der Waals surface area (Å²) in [5.41, 5.74) is 3.31. The van der Waals surface area contributed by atoms with Gasteiger partial charge < -0.3 is 0 Å². The van der Waals surface area contributed by atoms with Gasteiger partial charge in [0.1, 0.15) is 0 Å². The maximum absolute atomic E-state index is 4.47. The molecule has 1 aliphatic rings. The summed E-state index contributed by atoms with van der Waals surface area (Å²) in [5.74, 6) is 2.49. The first-order chi connectivity index (χ1) is 7.43. The second kappa shape index (κ2) is 4.16. The Labute approximate surface area is 98.9 Å². The molecule has 1 aromatic carbocycles. The van der Waals surface area contributed by atoms with E-state index in [0.717, 1.165) is 11.0 Å². The number of hydrogen-bond acceptors (Lipinski definition) is 4. The number of hydrogen-bond donors (Lipinski definition) is 1. The van der Waals surface area contributed by atoms with Crippen LogP contribution in [0.1, 0.15) is 6.42 Å². The molecule has 3 rings (SSSR count). The topological polar surface area (TPSA) is 37.8 Å². The van der Waals surface area contributed by atoms with Crippen LogP contribution in [-0.4, -0.2) is 40.5 Å². The third-order valence-electron chi connectivity index (χ3n) is 2.58. The predicted octanol–water partition coefficient (Wildman–Crippen LogP) is 1.60. The van der Waals surface area contributed by atoms with Gasteiger partial charge in [-0.2, -0.15) is 0 Å². The van der Waals surface area contributed by atoms with Crippen LogP contribution in [0.5, 0.6) is 0 Å². The van der Waals surface area contributed by atoms with Crippen LogP contribution in [0.25, 0.3) is 11.0 Å². The van der Waals surface area contributed by atoms with Crippen LogP contribution in [0.15, 0.2) is 18.2 Å². The van der Waals surface area contributed by atoms with Crippen LogP contribution in [0.4, 0.5) is 5.69 Å². The van der Waals surface area contributed by atoms with Crippen LogP contribution in [-0.2, 0) is 0 Å². The van der Waals surface area contributed by atoms with Gasteiger partial charge in [0.25, 0.3) is 0 Å². The fourth-order valence-corrected chi connectivity index (χ4v) is 4.10. The number of rotatable bonds is 2. The van der Waals surface area contributed by atoms with Gasteiger partial charge in [0, 0.05) is 0 Å². The Kier molecular flexibility index (Phi) is 2.69. The third kappa shape index (κ3) is 1.92. The summed E-state index contributed by atoms with van der Waals surface area (Å²) in [6.45, 7) is 0. The fraction of sp³-hybridized carbons (Fsp3) is 0.400. The Balaban J connectivity index is 1.92. The van der Waals surface area contributed by atoms with E-state index >= 15 is 0 Å². The molecule has 1 saturated heterocycles. The second-order valence-electron chi connectivity index (χ2n) is 3.64. The molecule has 15 heavy (non-hydrogen) atoms. The third-order valence-corrected chi connectivity index (χ3v) is 4.88. The molecule has 0 aliphatic carbocycles. The summed E-state index contributed by atoms with van der Waals surface area (Å²) in [6, 6.07) is 6.83. The molecule has 2 heterocycles. The van der Waals surface area contributed by atoms with Crippen LogP contribution in [0.3, 0.4) is 0 Å². The summed E-state index contributed by atoms with van der Waals surface area (Å²) >= 11 is 2.10. The summed E-state index contributed by atoms with van der Waals surface area (Å²) < 4.78 is 8.85. The van der Waals surface area contributed by atoms with Crippen molar-refractivity contribution in [1.29, 1.82) is 0 Å². The molecule has 2 aromatic rings. The average molecular weight is 284 g/mol. The van der Waals surface area contributed by atoms with Gasteiger partial charge in [-0.15, -0.1) is 0 Å². The Bertz CT molecular complexity index is 464. The number of anilines is 1. The summed E-state index contributed by atoms with van der Waals surface area (Å²) in [7, 11) is 0. The van der Waals surface area contributed by atoms with Crippen molar-refractivity contribution in [3.63, 3.8) is 0 Å². The normalized spacial score (nSPS) is 20.9. The molecule has 0 radical (unpaired) electrons. The molecule has 0 bridgehead atoms. The van der Waals surface area contributed by atoms with Crippen molar-refractivity contribution in [3.8, 4) is 0 Å². The molecule has 3 nitrogen and oxygen atoms in total. The van der Waals surface area contributed by atoms with E-state index in [1.165, 1.54) is 23.6 Å². The van der Waals surface area contributed by atoms with Crippen molar-refractivity contribution in [2.45, 2.75) is 12.5 Å². The van der Waals surface area contributed by atoms with E-state index in [-0.39, 0.29) is 15.0 Å². The van der Waals surface area contributed by atoms with Crippen LogP contribution in [0.2, 0.25) is 0 Å². The Morgan fingerprint density at radius 3 is 3.27 bits per heavy atom. The van der Waals surface area contributed by atoms with Gasteiger partial charge in [0.05, 0.1) is 0 Å². The Hall–Kier alpha value is -0.511. The van der Waals surface area contributed by atoms with Crippen molar-refractivity contribution in [2.24, 2.45) is 0 Å². The fourth-order valence-electron chi connectivity index (χ4n) is 1.79. The zero-order chi connectivity index (χ0) is 10.1. The van der Waals surface area contributed by atoms with E-state index in [1.54, 1.807) is 0 Å². The molecule has 1 fully saturated rings. The van der Waals surface area contributed by atoms with Crippen molar-refractivity contribution in [1.82, 2.24) is 7.96 Å². The summed E-state index contributed by atoms with van der Waals surface area (Å²) in [4.78, 5) is 0. The van der Waals surface area contributed by atoms with E-state index in [4.69, 9.17) is 0 Å². The monoisotopic (exact) mass is 285 g/mol. The van der Waals surface area contributed by atoms with Crippen LogP contribution < -0.4 is 5.32 Å². The molecule has 0 spiro atoms. The molecule has 5 heteroatoms. The Morgan fingerprint density at radius 2 is 2.40 bits per heavy atom. The number of nitrogens with one attached hydrogen (secondary N) is 1. The number of benzene rings is 1. The molecule has 0 saturated carbocycles. The number of thioether (sulfide) groups is 1.